The van der Waals surface area contributed by atoms with Gasteiger partial charge in [0.2, 0.25) is 0 Å². The third-order valence-corrected chi connectivity index (χ3v) is 3.26. The molecule has 1 unspecified atom stereocenters. The van der Waals surface area contributed by atoms with Gasteiger partial charge in [-0.2, -0.15) is 0 Å². The summed E-state index contributed by atoms with van der Waals surface area (Å²) in [4.78, 5) is 0. The van der Waals surface area contributed by atoms with Gasteiger partial charge in [-0.1, -0.05) is 31.5 Å². The average Bonchev–Trinajstić information content (AvgIpc) is 2.19. The van der Waals surface area contributed by atoms with Crippen LogP contribution in [0.2, 0.25) is 0 Å². The Kier molecular flexibility index (Phi) is 3.27. The number of benzene rings is 1. The Morgan fingerprint density at radius 3 is 2.67 bits per heavy atom. The summed E-state index contributed by atoms with van der Waals surface area (Å²) < 4.78 is 0. The summed E-state index contributed by atoms with van der Waals surface area (Å²) in [5.74, 6) is 0.413. The summed E-state index contributed by atoms with van der Waals surface area (Å²) in [7, 11) is 0. The topological polar surface area (TPSA) is 32.3 Å². The number of aromatic hydroxyl groups is 1. The number of hydrogen-bond donors (Lipinski definition) is 2. The molecule has 2 rings (SSSR count). The molecule has 0 aromatic heterocycles. The number of para-hydroxylation sites is 1. The second kappa shape index (κ2) is 4.67. The van der Waals surface area contributed by atoms with Gasteiger partial charge in [0, 0.05) is 17.6 Å². The van der Waals surface area contributed by atoms with Crippen LogP contribution < -0.4 is 5.32 Å². The number of nitrogens with one attached hydrogen (secondary N) is 1. The zero-order chi connectivity index (χ0) is 10.7. The van der Waals surface area contributed by atoms with E-state index in [-0.39, 0.29) is 0 Å². The molecule has 1 aromatic rings. The molecule has 1 aliphatic carbocycles. The minimum absolute atomic E-state index is 0.302. The van der Waals surface area contributed by atoms with Crippen molar-refractivity contribution in [3.8, 4) is 5.75 Å². The highest BCUT2D eigenvalue weighted by Gasteiger charge is 2.22. The number of phenols is 1. The first kappa shape index (κ1) is 10.5. The molecule has 1 saturated carbocycles. The highest BCUT2D eigenvalue weighted by Crippen LogP contribution is 2.29. The molecular formula is C13H19NO. The van der Waals surface area contributed by atoms with Crippen molar-refractivity contribution in [2.75, 3.05) is 0 Å². The van der Waals surface area contributed by atoms with Crippen LogP contribution in [0.15, 0.2) is 24.3 Å². The third kappa shape index (κ3) is 2.32. The second-order valence-corrected chi connectivity index (χ2v) is 4.31. The van der Waals surface area contributed by atoms with Crippen LogP contribution in [0.4, 0.5) is 0 Å². The van der Waals surface area contributed by atoms with Crippen LogP contribution in [-0.2, 0) is 0 Å². The van der Waals surface area contributed by atoms with Crippen LogP contribution in [0.3, 0.4) is 0 Å². The number of phenolic OH excluding ortho intramolecular Hbond substituents is 1. The van der Waals surface area contributed by atoms with E-state index in [1.54, 1.807) is 6.07 Å². The van der Waals surface area contributed by atoms with E-state index in [1.165, 1.54) is 19.3 Å². The van der Waals surface area contributed by atoms with E-state index in [4.69, 9.17) is 0 Å². The Labute approximate surface area is 91.3 Å². The molecule has 82 valence electrons. The van der Waals surface area contributed by atoms with E-state index in [2.05, 4.69) is 12.2 Å². The van der Waals surface area contributed by atoms with Crippen molar-refractivity contribution in [3.05, 3.63) is 29.8 Å². The van der Waals surface area contributed by atoms with Crippen LogP contribution >= 0.6 is 0 Å². The molecule has 0 saturated heterocycles. The van der Waals surface area contributed by atoms with Crippen molar-refractivity contribution in [2.24, 2.45) is 0 Å². The number of hydrogen-bond acceptors (Lipinski definition) is 2. The largest absolute Gasteiger partial charge is 0.508 e. The van der Waals surface area contributed by atoms with Gasteiger partial charge in [0.1, 0.15) is 5.75 Å². The first-order valence-electron chi connectivity index (χ1n) is 5.85. The normalized spacial score (nSPS) is 18.5. The van der Waals surface area contributed by atoms with Crippen molar-refractivity contribution >= 4 is 0 Å². The molecule has 0 bridgehead atoms. The summed E-state index contributed by atoms with van der Waals surface area (Å²) in [5.41, 5.74) is 1.03. The minimum atomic E-state index is 0.302. The van der Waals surface area contributed by atoms with Gasteiger partial charge in [-0.25, -0.2) is 0 Å². The third-order valence-electron chi connectivity index (χ3n) is 3.26. The molecular weight excluding hydrogens is 186 g/mol. The lowest BCUT2D eigenvalue weighted by atomic mass is 9.91. The van der Waals surface area contributed by atoms with Gasteiger partial charge in [0.25, 0.3) is 0 Å². The molecule has 0 aliphatic heterocycles. The summed E-state index contributed by atoms with van der Waals surface area (Å²) in [6.45, 7) is 2.16. The Morgan fingerprint density at radius 2 is 2.13 bits per heavy atom. The minimum Gasteiger partial charge on any atom is -0.508 e. The summed E-state index contributed by atoms with van der Waals surface area (Å²) in [5, 5.41) is 13.4. The van der Waals surface area contributed by atoms with E-state index >= 15 is 0 Å². The standard InChI is InChI=1S/C13H19NO/c1-2-12(14-10-6-5-7-10)11-8-3-4-9-13(11)15/h3-4,8-10,12,14-15H,2,5-7H2,1H3. The van der Waals surface area contributed by atoms with Gasteiger partial charge in [0.05, 0.1) is 0 Å². The molecule has 0 heterocycles. The SMILES string of the molecule is CCC(NC1CCC1)c1ccccc1O. The Bertz CT molecular complexity index is 320. The maximum Gasteiger partial charge on any atom is 0.120 e. The van der Waals surface area contributed by atoms with E-state index in [0.29, 0.717) is 17.8 Å². The molecule has 1 aliphatic rings. The Balaban J connectivity index is 2.07. The summed E-state index contributed by atoms with van der Waals surface area (Å²) in [6.07, 6.45) is 4.93. The lowest BCUT2D eigenvalue weighted by Gasteiger charge is -2.31. The van der Waals surface area contributed by atoms with E-state index in [9.17, 15) is 5.11 Å². The fraction of sp³-hybridized carbons (Fsp3) is 0.538. The predicted octanol–water partition coefficient (Wildman–Crippen LogP) is 2.99. The quantitative estimate of drug-likeness (QED) is 0.792. The molecule has 1 atom stereocenters. The van der Waals surface area contributed by atoms with Gasteiger partial charge >= 0.3 is 0 Å². The highest BCUT2D eigenvalue weighted by atomic mass is 16.3. The maximum atomic E-state index is 9.78. The zero-order valence-corrected chi connectivity index (χ0v) is 9.24. The molecule has 2 N–H and O–H groups in total. The van der Waals surface area contributed by atoms with Crippen LogP contribution in [0, 0.1) is 0 Å². The second-order valence-electron chi connectivity index (χ2n) is 4.31. The van der Waals surface area contributed by atoms with E-state index in [0.717, 1.165) is 12.0 Å². The monoisotopic (exact) mass is 205 g/mol. The van der Waals surface area contributed by atoms with E-state index < -0.39 is 0 Å². The molecule has 2 nitrogen and oxygen atoms in total. The van der Waals surface area contributed by atoms with Crippen molar-refractivity contribution in [3.63, 3.8) is 0 Å². The van der Waals surface area contributed by atoms with Crippen molar-refractivity contribution < 1.29 is 5.11 Å². The number of rotatable bonds is 4. The van der Waals surface area contributed by atoms with Crippen LogP contribution in [0.5, 0.6) is 5.75 Å². The predicted molar refractivity (Wildman–Crippen MR) is 61.9 cm³/mol. The van der Waals surface area contributed by atoms with Gasteiger partial charge in [-0.05, 0) is 25.3 Å². The maximum absolute atomic E-state index is 9.78. The smallest absolute Gasteiger partial charge is 0.120 e. The fourth-order valence-corrected chi connectivity index (χ4v) is 2.07. The molecule has 2 heteroatoms. The summed E-state index contributed by atoms with van der Waals surface area (Å²) in [6, 6.07) is 8.59. The first-order chi connectivity index (χ1) is 7.31. The van der Waals surface area contributed by atoms with Crippen LogP contribution in [0.25, 0.3) is 0 Å². The Morgan fingerprint density at radius 1 is 1.40 bits per heavy atom. The van der Waals surface area contributed by atoms with E-state index in [1.807, 2.05) is 18.2 Å². The van der Waals surface area contributed by atoms with Gasteiger partial charge in [-0.15, -0.1) is 0 Å². The van der Waals surface area contributed by atoms with Gasteiger partial charge < -0.3 is 10.4 Å². The Hall–Kier alpha value is -1.02. The lowest BCUT2D eigenvalue weighted by Crippen LogP contribution is -2.37. The molecule has 1 aromatic carbocycles. The average molecular weight is 205 g/mol. The zero-order valence-electron chi connectivity index (χ0n) is 9.24. The molecule has 1 fully saturated rings. The lowest BCUT2D eigenvalue weighted by molar-refractivity contribution is 0.298. The van der Waals surface area contributed by atoms with Crippen LogP contribution in [0.1, 0.15) is 44.2 Å². The van der Waals surface area contributed by atoms with Crippen molar-refractivity contribution in [1.82, 2.24) is 5.32 Å². The van der Waals surface area contributed by atoms with Crippen molar-refractivity contribution in [2.45, 2.75) is 44.7 Å². The summed E-state index contributed by atoms with van der Waals surface area (Å²) >= 11 is 0. The highest BCUT2D eigenvalue weighted by molar-refractivity contribution is 5.34. The van der Waals surface area contributed by atoms with Crippen molar-refractivity contribution in [1.29, 1.82) is 0 Å². The molecule has 0 spiro atoms. The molecule has 0 radical (unpaired) electrons. The fourth-order valence-electron chi connectivity index (χ4n) is 2.07. The molecule has 15 heavy (non-hydrogen) atoms. The van der Waals surface area contributed by atoms with Crippen LogP contribution in [-0.4, -0.2) is 11.1 Å². The first-order valence-corrected chi connectivity index (χ1v) is 5.85. The van der Waals surface area contributed by atoms with Gasteiger partial charge in [-0.3, -0.25) is 0 Å². The van der Waals surface area contributed by atoms with Gasteiger partial charge in [0.15, 0.2) is 0 Å². The molecule has 0 amide bonds.